The van der Waals surface area contributed by atoms with E-state index in [0.717, 1.165) is 27.5 Å². The highest BCUT2D eigenvalue weighted by molar-refractivity contribution is 7.99. The molecule has 0 saturated heterocycles. The molecule has 4 rings (SSSR count). The van der Waals surface area contributed by atoms with Crippen LogP contribution in [0.25, 0.3) is 17.1 Å². The van der Waals surface area contributed by atoms with Gasteiger partial charge in [-0.3, -0.25) is 9.36 Å². The van der Waals surface area contributed by atoms with Crippen molar-refractivity contribution in [2.75, 3.05) is 5.75 Å². The fourth-order valence-electron chi connectivity index (χ4n) is 2.91. The Morgan fingerprint density at radius 3 is 2.58 bits per heavy atom. The van der Waals surface area contributed by atoms with Crippen molar-refractivity contribution in [1.29, 1.82) is 0 Å². The molecular weight excluding hydrogens is 426 g/mol. The standard InChI is InChI=1S/C23H21N5OS2/c1-16-8-10-19(11-9-16)28-22(18-6-4-3-5-7-18)26-27-23(28)31-15-21(29)25-24-14-20-17(2)12-13-30-20/h3-14H,15H2,1-2H3,(H,25,29)/b24-14-. The summed E-state index contributed by atoms with van der Waals surface area (Å²) >= 11 is 2.91. The summed E-state index contributed by atoms with van der Waals surface area (Å²) in [5.74, 6) is 0.716. The van der Waals surface area contributed by atoms with Crippen LogP contribution < -0.4 is 5.43 Å². The van der Waals surface area contributed by atoms with E-state index in [9.17, 15) is 4.79 Å². The minimum absolute atomic E-state index is 0.180. The molecule has 1 amide bonds. The second-order valence-electron chi connectivity index (χ2n) is 6.89. The molecule has 2 aromatic carbocycles. The van der Waals surface area contributed by atoms with Gasteiger partial charge in [0.15, 0.2) is 11.0 Å². The van der Waals surface area contributed by atoms with Crippen molar-refractivity contribution >= 4 is 35.2 Å². The van der Waals surface area contributed by atoms with E-state index in [1.165, 1.54) is 17.3 Å². The van der Waals surface area contributed by atoms with Gasteiger partial charge in [0.25, 0.3) is 5.91 Å². The molecule has 31 heavy (non-hydrogen) atoms. The van der Waals surface area contributed by atoms with Crippen molar-refractivity contribution < 1.29 is 4.79 Å². The topological polar surface area (TPSA) is 72.2 Å². The second kappa shape index (κ2) is 9.72. The van der Waals surface area contributed by atoms with Crippen molar-refractivity contribution in [3.05, 3.63) is 82.0 Å². The number of carbonyl (C=O) groups is 1. The third-order valence-electron chi connectivity index (χ3n) is 4.56. The van der Waals surface area contributed by atoms with Crippen LogP contribution in [0.15, 0.2) is 76.3 Å². The highest BCUT2D eigenvalue weighted by Crippen LogP contribution is 2.28. The highest BCUT2D eigenvalue weighted by Gasteiger charge is 2.17. The summed E-state index contributed by atoms with van der Waals surface area (Å²) in [6, 6.07) is 20.1. The van der Waals surface area contributed by atoms with Crippen molar-refractivity contribution in [2.45, 2.75) is 19.0 Å². The molecule has 1 N–H and O–H groups in total. The van der Waals surface area contributed by atoms with E-state index >= 15 is 0 Å². The maximum Gasteiger partial charge on any atom is 0.250 e. The fourth-order valence-corrected chi connectivity index (χ4v) is 4.44. The first-order valence-electron chi connectivity index (χ1n) is 9.68. The van der Waals surface area contributed by atoms with Gasteiger partial charge >= 0.3 is 0 Å². The lowest BCUT2D eigenvalue weighted by atomic mass is 10.2. The van der Waals surface area contributed by atoms with E-state index in [4.69, 9.17) is 0 Å². The first-order chi connectivity index (χ1) is 15.1. The Hall–Kier alpha value is -3.23. The normalized spacial score (nSPS) is 11.2. The third-order valence-corrected chi connectivity index (χ3v) is 6.45. The lowest BCUT2D eigenvalue weighted by Gasteiger charge is -2.10. The Bertz CT molecular complexity index is 1200. The number of rotatable bonds is 7. The number of hydrazone groups is 1. The molecule has 0 unspecified atom stereocenters. The van der Waals surface area contributed by atoms with Crippen LogP contribution in [0, 0.1) is 13.8 Å². The van der Waals surface area contributed by atoms with E-state index in [1.54, 1.807) is 17.6 Å². The number of aromatic nitrogens is 3. The molecule has 0 atom stereocenters. The summed E-state index contributed by atoms with van der Waals surface area (Å²) < 4.78 is 1.98. The number of hydrogen-bond acceptors (Lipinski definition) is 6. The minimum Gasteiger partial charge on any atom is -0.272 e. The van der Waals surface area contributed by atoms with E-state index in [1.807, 2.05) is 84.5 Å². The van der Waals surface area contributed by atoms with Crippen molar-refractivity contribution in [1.82, 2.24) is 20.2 Å². The molecule has 4 aromatic rings. The van der Waals surface area contributed by atoms with Crippen molar-refractivity contribution in [3.63, 3.8) is 0 Å². The average Bonchev–Trinajstić information content (AvgIpc) is 3.40. The molecule has 0 bridgehead atoms. The van der Waals surface area contributed by atoms with Crippen LogP contribution >= 0.6 is 23.1 Å². The summed E-state index contributed by atoms with van der Waals surface area (Å²) in [5.41, 5.74) is 6.80. The van der Waals surface area contributed by atoms with Gasteiger partial charge in [-0.1, -0.05) is 59.8 Å². The van der Waals surface area contributed by atoms with E-state index in [-0.39, 0.29) is 11.7 Å². The van der Waals surface area contributed by atoms with Crippen LogP contribution in [0.5, 0.6) is 0 Å². The zero-order valence-corrected chi connectivity index (χ0v) is 18.8. The zero-order valence-electron chi connectivity index (χ0n) is 17.1. The maximum absolute atomic E-state index is 12.3. The number of benzene rings is 2. The molecule has 0 aliphatic rings. The number of nitrogens with zero attached hydrogens (tertiary/aromatic N) is 4. The maximum atomic E-state index is 12.3. The third kappa shape index (κ3) is 5.10. The smallest absolute Gasteiger partial charge is 0.250 e. The molecule has 2 aromatic heterocycles. The zero-order chi connectivity index (χ0) is 21.6. The van der Waals surface area contributed by atoms with Gasteiger partial charge in [-0.2, -0.15) is 5.10 Å². The van der Waals surface area contributed by atoms with E-state index < -0.39 is 0 Å². The second-order valence-corrected chi connectivity index (χ2v) is 8.78. The van der Waals surface area contributed by atoms with Gasteiger partial charge in [0.2, 0.25) is 0 Å². The summed E-state index contributed by atoms with van der Waals surface area (Å²) in [5, 5.41) is 15.5. The predicted molar refractivity (Wildman–Crippen MR) is 127 cm³/mol. The van der Waals surface area contributed by atoms with Crippen LogP contribution in [0.4, 0.5) is 0 Å². The molecule has 156 valence electrons. The molecule has 0 aliphatic heterocycles. The Labute approximate surface area is 189 Å². The van der Waals surface area contributed by atoms with Crippen molar-refractivity contribution in [2.24, 2.45) is 5.10 Å². The summed E-state index contributed by atoms with van der Waals surface area (Å²) in [6.07, 6.45) is 1.67. The number of amides is 1. The Kier molecular flexibility index (Phi) is 6.59. The summed E-state index contributed by atoms with van der Waals surface area (Å²) in [4.78, 5) is 13.3. The van der Waals surface area contributed by atoms with Gasteiger partial charge in [0.05, 0.1) is 12.0 Å². The Morgan fingerprint density at radius 1 is 1.10 bits per heavy atom. The molecule has 2 heterocycles. The Balaban J connectivity index is 1.52. The number of aryl methyl sites for hydroxylation is 2. The molecule has 0 fully saturated rings. The minimum atomic E-state index is -0.199. The lowest BCUT2D eigenvalue weighted by molar-refractivity contribution is -0.118. The molecule has 0 saturated carbocycles. The van der Waals surface area contributed by atoms with Crippen molar-refractivity contribution in [3.8, 4) is 17.1 Å². The molecular formula is C23H21N5OS2. The quantitative estimate of drug-likeness (QED) is 0.250. The number of nitrogens with one attached hydrogen (secondary N) is 1. The van der Waals surface area contributed by atoms with Crippen LogP contribution in [0.1, 0.15) is 16.0 Å². The molecule has 6 nitrogen and oxygen atoms in total. The first-order valence-corrected chi connectivity index (χ1v) is 11.5. The van der Waals surface area contributed by atoms with Crippen LogP contribution in [0.2, 0.25) is 0 Å². The average molecular weight is 448 g/mol. The predicted octanol–water partition coefficient (Wildman–Crippen LogP) is 4.86. The lowest BCUT2D eigenvalue weighted by Crippen LogP contribution is -2.20. The molecule has 0 aliphatic carbocycles. The number of carbonyl (C=O) groups excluding carboxylic acids is 1. The van der Waals surface area contributed by atoms with Gasteiger partial charge < -0.3 is 0 Å². The van der Waals surface area contributed by atoms with E-state index in [2.05, 4.69) is 20.7 Å². The molecule has 0 radical (unpaired) electrons. The van der Waals surface area contributed by atoms with Gasteiger partial charge in [-0.05, 0) is 43.0 Å². The number of thioether (sulfide) groups is 1. The summed E-state index contributed by atoms with van der Waals surface area (Å²) in [7, 11) is 0. The highest BCUT2D eigenvalue weighted by atomic mass is 32.2. The first kappa shape index (κ1) is 21.0. The van der Waals surface area contributed by atoms with Gasteiger partial charge in [0.1, 0.15) is 0 Å². The largest absolute Gasteiger partial charge is 0.272 e. The van der Waals surface area contributed by atoms with Crippen LogP contribution in [-0.4, -0.2) is 32.6 Å². The monoisotopic (exact) mass is 447 g/mol. The van der Waals surface area contributed by atoms with Crippen LogP contribution in [-0.2, 0) is 4.79 Å². The Morgan fingerprint density at radius 2 is 1.87 bits per heavy atom. The SMILES string of the molecule is Cc1ccc(-n2c(SCC(=O)N/N=C\c3sccc3C)nnc2-c2ccccc2)cc1. The molecule has 8 heteroatoms. The van der Waals surface area contributed by atoms with Crippen LogP contribution in [0.3, 0.4) is 0 Å². The summed E-state index contributed by atoms with van der Waals surface area (Å²) in [6.45, 7) is 4.06. The number of hydrogen-bond donors (Lipinski definition) is 1. The number of thiophene rings is 1. The van der Waals surface area contributed by atoms with E-state index in [0.29, 0.717) is 5.16 Å². The van der Waals surface area contributed by atoms with Gasteiger partial charge in [0, 0.05) is 16.1 Å². The van der Waals surface area contributed by atoms with Gasteiger partial charge in [-0.25, -0.2) is 5.43 Å². The fraction of sp³-hybridized carbons (Fsp3) is 0.130. The molecule has 0 spiro atoms. The van der Waals surface area contributed by atoms with Gasteiger partial charge in [-0.15, -0.1) is 21.5 Å².